The van der Waals surface area contributed by atoms with Crippen LogP contribution in [0.1, 0.15) is 33.1 Å². The molecule has 1 saturated carbocycles. The SMILES string of the molecule is CC1CC(C)CC(Oc2c(N)ccc(F)c2F)C1. The van der Waals surface area contributed by atoms with Crippen molar-refractivity contribution in [3.05, 3.63) is 23.8 Å². The summed E-state index contributed by atoms with van der Waals surface area (Å²) in [6.45, 7) is 4.30. The fourth-order valence-electron chi connectivity index (χ4n) is 2.80. The van der Waals surface area contributed by atoms with Gasteiger partial charge in [-0.2, -0.15) is 4.39 Å². The number of hydrogen-bond acceptors (Lipinski definition) is 2. The third-order valence-electron chi connectivity index (χ3n) is 3.50. The number of benzene rings is 1. The highest BCUT2D eigenvalue weighted by atomic mass is 19.2. The first kappa shape index (κ1) is 13.1. The van der Waals surface area contributed by atoms with Gasteiger partial charge in [-0.3, -0.25) is 0 Å². The van der Waals surface area contributed by atoms with Crippen molar-refractivity contribution in [2.24, 2.45) is 11.8 Å². The zero-order valence-electron chi connectivity index (χ0n) is 10.7. The van der Waals surface area contributed by atoms with Gasteiger partial charge in [0.25, 0.3) is 0 Å². The van der Waals surface area contributed by atoms with E-state index in [9.17, 15) is 8.78 Å². The number of nitrogen functional groups attached to an aromatic ring is 1. The van der Waals surface area contributed by atoms with Gasteiger partial charge in [-0.15, -0.1) is 0 Å². The van der Waals surface area contributed by atoms with Gasteiger partial charge in [-0.1, -0.05) is 13.8 Å². The first-order valence-electron chi connectivity index (χ1n) is 6.37. The van der Waals surface area contributed by atoms with Gasteiger partial charge in [0.1, 0.15) is 0 Å². The van der Waals surface area contributed by atoms with Crippen LogP contribution in [0.2, 0.25) is 0 Å². The molecule has 0 aromatic heterocycles. The lowest BCUT2D eigenvalue weighted by Crippen LogP contribution is -2.29. The molecule has 1 fully saturated rings. The Labute approximate surface area is 106 Å². The molecule has 2 nitrogen and oxygen atoms in total. The maximum Gasteiger partial charge on any atom is 0.202 e. The van der Waals surface area contributed by atoms with Gasteiger partial charge in [-0.05, 0) is 43.2 Å². The highest BCUT2D eigenvalue weighted by molar-refractivity contribution is 5.53. The average Bonchev–Trinajstić information content (AvgIpc) is 2.28. The van der Waals surface area contributed by atoms with E-state index in [1.807, 2.05) is 0 Å². The van der Waals surface area contributed by atoms with E-state index in [0.29, 0.717) is 11.8 Å². The van der Waals surface area contributed by atoms with Crippen LogP contribution < -0.4 is 10.5 Å². The van der Waals surface area contributed by atoms with Gasteiger partial charge in [0.15, 0.2) is 11.6 Å². The minimum atomic E-state index is -0.985. The number of hydrogen-bond donors (Lipinski definition) is 1. The van der Waals surface area contributed by atoms with Crippen molar-refractivity contribution in [1.82, 2.24) is 0 Å². The van der Waals surface area contributed by atoms with Crippen LogP contribution in [-0.4, -0.2) is 6.10 Å². The molecule has 2 rings (SSSR count). The summed E-state index contributed by atoms with van der Waals surface area (Å²) in [5.41, 5.74) is 5.80. The molecular weight excluding hydrogens is 236 g/mol. The Bertz CT molecular complexity index is 426. The van der Waals surface area contributed by atoms with Crippen molar-refractivity contribution in [1.29, 1.82) is 0 Å². The molecule has 100 valence electrons. The van der Waals surface area contributed by atoms with Crippen molar-refractivity contribution in [2.75, 3.05) is 5.73 Å². The molecule has 1 aliphatic rings. The summed E-state index contributed by atoms with van der Waals surface area (Å²) in [6.07, 6.45) is 2.79. The van der Waals surface area contributed by atoms with Crippen LogP contribution in [0, 0.1) is 23.5 Å². The number of ether oxygens (including phenoxy) is 1. The molecular formula is C14H19F2NO. The molecule has 18 heavy (non-hydrogen) atoms. The quantitative estimate of drug-likeness (QED) is 0.817. The predicted octanol–water partition coefficient (Wildman–Crippen LogP) is 3.75. The second-order valence-electron chi connectivity index (χ2n) is 5.44. The molecule has 0 saturated heterocycles. The lowest BCUT2D eigenvalue weighted by molar-refractivity contribution is 0.0970. The van der Waals surface area contributed by atoms with E-state index in [2.05, 4.69) is 13.8 Å². The van der Waals surface area contributed by atoms with E-state index in [1.54, 1.807) is 0 Å². The molecule has 4 heteroatoms. The Kier molecular flexibility index (Phi) is 3.73. The molecule has 2 unspecified atom stereocenters. The van der Waals surface area contributed by atoms with Gasteiger partial charge in [0, 0.05) is 0 Å². The highest BCUT2D eigenvalue weighted by Gasteiger charge is 2.27. The summed E-state index contributed by atoms with van der Waals surface area (Å²) in [6, 6.07) is 2.35. The summed E-state index contributed by atoms with van der Waals surface area (Å²) in [7, 11) is 0. The molecule has 1 aliphatic carbocycles. The van der Waals surface area contributed by atoms with Crippen molar-refractivity contribution < 1.29 is 13.5 Å². The molecule has 0 bridgehead atoms. The maximum atomic E-state index is 13.6. The van der Waals surface area contributed by atoms with Crippen LogP contribution in [0.15, 0.2) is 12.1 Å². The normalized spacial score (nSPS) is 28.1. The first-order chi connectivity index (χ1) is 8.47. The molecule has 2 N–H and O–H groups in total. The topological polar surface area (TPSA) is 35.2 Å². The summed E-state index contributed by atoms with van der Waals surface area (Å²) in [5, 5.41) is 0. The minimum Gasteiger partial charge on any atom is -0.485 e. The molecule has 0 radical (unpaired) electrons. The second-order valence-corrected chi connectivity index (χ2v) is 5.44. The highest BCUT2D eigenvalue weighted by Crippen LogP contribution is 2.34. The number of anilines is 1. The molecule has 0 amide bonds. The number of nitrogens with two attached hydrogens (primary N) is 1. The van der Waals surface area contributed by atoms with E-state index in [0.717, 1.165) is 25.3 Å². The fraction of sp³-hybridized carbons (Fsp3) is 0.571. The largest absolute Gasteiger partial charge is 0.485 e. The van der Waals surface area contributed by atoms with E-state index >= 15 is 0 Å². The van der Waals surface area contributed by atoms with E-state index < -0.39 is 11.6 Å². The van der Waals surface area contributed by atoms with Gasteiger partial charge in [-0.25, -0.2) is 4.39 Å². The van der Waals surface area contributed by atoms with Crippen LogP contribution in [-0.2, 0) is 0 Å². The minimum absolute atomic E-state index is 0.0812. The predicted molar refractivity (Wildman–Crippen MR) is 67.4 cm³/mol. The number of rotatable bonds is 2. The Morgan fingerprint density at radius 3 is 2.33 bits per heavy atom. The third kappa shape index (κ3) is 2.74. The summed E-state index contributed by atoms with van der Waals surface area (Å²) >= 11 is 0. The monoisotopic (exact) mass is 255 g/mol. The van der Waals surface area contributed by atoms with Gasteiger partial charge >= 0.3 is 0 Å². The Balaban J connectivity index is 2.16. The molecule has 1 aromatic rings. The smallest absolute Gasteiger partial charge is 0.202 e. The molecule has 2 atom stereocenters. The lowest BCUT2D eigenvalue weighted by Gasteiger charge is -2.32. The van der Waals surface area contributed by atoms with E-state index in [1.165, 1.54) is 6.07 Å². The molecule has 0 heterocycles. The van der Waals surface area contributed by atoms with Gasteiger partial charge in [0.2, 0.25) is 5.82 Å². The van der Waals surface area contributed by atoms with E-state index in [-0.39, 0.29) is 17.5 Å². The van der Waals surface area contributed by atoms with Crippen LogP contribution in [0.4, 0.5) is 14.5 Å². The average molecular weight is 255 g/mol. The molecule has 0 aliphatic heterocycles. The second kappa shape index (κ2) is 5.12. The summed E-state index contributed by atoms with van der Waals surface area (Å²) in [4.78, 5) is 0. The molecule has 1 aromatic carbocycles. The fourth-order valence-corrected chi connectivity index (χ4v) is 2.80. The standard InChI is InChI=1S/C14H19F2NO/c1-8-5-9(2)7-10(6-8)18-14-12(17)4-3-11(15)13(14)16/h3-4,8-10H,5-7,17H2,1-2H3. The Hall–Kier alpha value is -1.32. The lowest BCUT2D eigenvalue weighted by atomic mass is 9.82. The Morgan fingerprint density at radius 1 is 1.11 bits per heavy atom. The molecule has 0 spiro atoms. The summed E-state index contributed by atoms with van der Waals surface area (Å²) < 4.78 is 32.4. The summed E-state index contributed by atoms with van der Waals surface area (Å²) in [5.74, 6) is -0.966. The first-order valence-corrected chi connectivity index (χ1v) is 6.37. The van der Waals surface area contributed by atoms with Crippen molar-refractivity contribution in [2.45, 2.75) is 39.2 Å². The number of halogens is 2. The van der Waals surface area contributed by atoms with Crippen molar-refractivity contribution in [3.63, 3.8) is 0 Å². The Morgan fingerprint density at radius 2 is 1.72 bits per heavy atom. The van der Waals surface area contributed by atoms with Crippen LogP contribution >= 0.6 is 0 Å². The van der Waals surface area contributed by atoms with E-state index in [4.69, 9.17) is 10.5 Å². The van der Waals surface area contributed by atoms with Crippen LogP contribution in [0.3, 0.4) is 0 Å². The third-order valence-corrected chi connectivity index (χ3v) is 3.50. The van der Waals surface area contributed by atoms with Crippen LogP contribution in [0.25, 0.3) is 0 Å². The van der Waals surface area contributed by atoms with Crippen LogP contribution in [0.5, 0.6) is 5.75 Å². The zero-order valence-corrected chi connectivity index (χ0v) is 10.7. The van der Waals surface area contributed by atoms with Crippen molar-refractivity contribution >= 4 is 5.69 Å². The zero-order chi connectivity index (χ0) is 13.3. The van der Waals surface area contributed by atoms with Crippen molar-refractivity contribution in [3.8, 4) is 5.75 Å². The van der Waals surface area contributed by atoms with Gasteiger partial charge in [0.05, 0.1) is 11.8 Å². The van der Waals surface area contributed by atoms with Gasteiger partial charge < -0.3 is 10.5 Å². The maximum absolute atomic E-state index is 13.6.